The molecule has 25 heavy (non-hydrogen) atoms. The Hall–Kier alpha value is -1.98. The average Bonchev–Trinajstić information content (AvgIpc) is 3.35. The molecule has 1 aliphatic rings. The number of halogens is 3. The van der Waals surface area contributed by atoms with Gasteiger partial charge in [0.2, 0.25) is 5.91 Å². The van der Waals surface area contributed by atoms with Gasteiger partial charge in [0.05, 0.1) is 5.41 Å². The van der Waals surface area contributed by atoms with E-state index in [1.54, 1.807) is 6.07 Å². The van der Waals surface area contributed by atoms with Gasteiger partial charge in [0.25, 0.3) is 0 Å². The molecule has 2 N–H and O–H groups in total. The van der Waals surface area contributed by atoms with Crippen LogP contribution in [0, 0.1) is 17.6 Å². The van der Waals surface area contributed by atoms with Gasteiger partial charge in [0.15, 0.2) is 11.6 Å². The highest BCUT2D eigenvalue weighted by Gasteiger charge is 2.60. The van der Waals surface area contributed by atoms with E-state index in [-0.39, 0.29) is 18.4 Å². The zero-order valence-corrected chi connectivity index (χ0v) is 14.2. The number of rotatable bonds is 6. The van der Waals surface area contributed by atoms with Crippen molar-refractivity contribution in [3.8, 4) is 0 Å². The van der Waals surface area contributed by atoms with E-state index < -0.39 is 17.0 Å². The summed E-state index contributed by atoms with van der Waals surface area (Å²) in [5.41, 5.74) is 0.311. The highest BCUT2D eigenvalue weighted by molar-refractivity contribution is 6.31. The standard InChI is InChI=1S/C19H18ClF2NO2/c20-15-4-2-1-3-12(15)7-8-23-18(25)19(10-14(19)11-24)13-5-6-16(21)17(22)9-13/h1-6,9,14,24H,7-8,10-11H2,(H,23,25)/t14-,19+/m0/s1. The van der Waals surface area contributed by atoms with Crippen LogP contribution in [0.5, 0.6) is 0 Å². The molecule has 3 nitrogen and oxygen atoms in total. The van der Waals surface area contributed by atoms with Gasteiger partial charge in [-0.1, -0.05) is 35.9 Å². The number of carbonyl (C=O) groups excluding carboxylic acids is 1. The first-order chi connectivity index (χ1) is 12.0. The predicted octanol–water partition coefficient (Wildman–Crippen LogP) is 3.23. The van der Waals surface area contributed by atoms with E-state index in [9.17, 15) is 18.7 Å². The Kier molecular flexibility index (Phi) is 5.06. The molecule has 3 rings (SSSR count). The van der Waals surface area contributed by atoms with Crippen LogP contribution in [0.1, 0.15) is 17.5 Å². The molecule has 0 spiro atoms. The Balaban J connectivity index is 1.71. The van der Waals surface area contributed by atoms with E-state index in [0.29, 0.717) is 30.0 Å². The highest BCUT2D eigenvalue weighted by Crippen LogP contribution is 2.54. The Labute approximate surface area is 149 Å². The molecule has 0 bridgehead atoms. The Morgan fingerprint density at radius 1 is 1.24 bits per heavy atom. The van der Waals surface area contributed by atoms with Crippen molar-refractivity contribution < 1.29 is 18.7 Å². The van der Waals surface area contributed by atoms with Crippen molar-refractivity contribution in [1.29, 1.82) is 0 Å². The summed E-state index contributed by atoms with van der Waals surface area (Å²) in [6.45, 7) is 0.184. The average molecular weight is 366 g/mol. The van der Waals surface area contributed by atoms with Crippen molar-refractivity contribution >= 4 is 17.5 Å². The Morgan fingerprint density at radius 3 is 2.64 bits per heavy atom. The van der Waals surface area contributed by atoms with Gasteiger partial charge in [-0.25, -0.2) is 8.78 Å². The van der Waals surface area contributed by atoms with Crippen LogP contribution in [0.25, 0.3) is 0 Å². The van der Waals surface area contributed by atoms with Crippen molar-refractivity contribution in [3.63, 3.8) is 0 Å². The Morgan fingerprint density at radius 2 is 2.00 bits per heavy atom. The number of hydrogen-bond donors (Lipinski definition) is 2. The zero-order valence-electron chi connectivity index (χ0n) is 13.4. The van der Waals surface area contributed by atoms with Gasteiger partial charge in [-0.05, 0) is 42.2 Å². The molecule has 1 fully saturated rings. The molecule has 0 unspecified atom stereocenters. The van der Waals surface area contributed by atoms with Crippen LogP contribution in [0.2, 0.25) is 5.02 Å². The number of nitrogens with one attached hydrogen (secondary N) is 1. The van der Waals surface area contributed by atoms with Crippen LogP contribution in [0.15, 0.2) is 42.5 Å². The quantitative estimate of drug-likeness (QED) is 0.825. The smallest absolute Gasteiger partial charge is 0.231 e. The van der Waals surface area contributed by atoms with Crippen molar-refractivity contribution in [2.24, 2.45) is 5.92 Å². The summed E-state index contributed by atoms with van der Waals surface area (Å²) in [4.78, 5) is 12.7. The normalized spacial score (nSPS) is 21.8. The van der Waals surface area contributed by atoms with Crippen LogP contribution in [-0.4, -0.2) is 24.2 Å². The zero-order chi connectivity index (χ0) is 18.0. The van der Waals surface area contributed by atoms with E-state index in [2.05, 4.69) is 5.32 Å². The van der Waals surface area contributed by atoms with Crippen LogP contribution in [0.3, 0.4) is 0 Å². The molecule has 0 radical (unpaired) electrons. The molecular formula is C19H18ClF2NO2. The van der Waals surface area contributed by atoms with Gasteiger partial charge in [-0.15, -0.1) is 0 Å². The lowest BCUT2D eigenvalue weighted by atomic mass is 9.92. The minimum Gasteiger partial charge on any atom is -0.396 e. The highest BCUT2D eigenvalue weighted by atomic mass is 35.5. The molecule has 0 saturated heterocycles. The molecule has 1 saturated carbocycles. The molecule has 2 aromatic rings. The molecule has 132 valence electrons. The second-order valence-electron chi connectivity index (χ2n) is 6.28. The van der Waals surface area contributed by atoms with Gasteiger partial charge in [-0.3, -0.25) is 4.79 Å². The van der Waals surface area contributed by atoms with Crippen molar-refractivity contribution in [2.75, 3.05) is 13.2 Å². The third-order valence-electron chi connectivity index (χ3n) is 4.80. The summed E-state index contributed by atoms with van der Waals surface area (Å²) in [5.74, 6) is -2.54. The van der Waals surface area contributed by atoms with Crippen LogP contribution >= 0.6 is 11.6 Å². The number of carbonyl (C=O) groups is 1. The number of aliphatic hydroxyl groups is 1. The van der Waals surface area contributed by atoms with E-state index in [0.717, 1.165) is 17.7 Å². The maximum Gasteiger partial charge on any atom is 0.231 e. The second-order valence-corrected chi connectivity index (χ2v) is 6.69. The third kappa shape index (κ3) is 3.39. The van der Waals surface area contributed by atoms with Gasteiger partial charge in [-0.2, -0.15) is 0 Å². The molecule has 1 aliphatic carbocycles. The van der Waals surface area contributed by atoms with E-state index in [1.807, 2.05) is 18.2 Å². The SMILES string of the molecule is O=C(NCCc1ccccc1Cl)[C@@]1(c2ccc(F)c(F)c2)C[C@H]1CO. The third-order valence-corrected chi connectivity index (χ3v) is 5.17. The topological polar surface area (TPSA) is 49.3 Å². The minimum atomic E-state index is -0.996. The minimum absolute atomic E-state index is 0.184. The van der Waals surface area contributed by atoms with Crippen molar-refractivity contribution in [2.45, 2.75) is 18.3 Å². The fourth-order valence-electron chi connectivity index (χ4n) is 3.26. The molecule has 0 heterocycles. The first-order valence-electron chi connectivity index (χ1n) is 8.07. The number of benzene rings is 2. The maximum atomic E-state index is 13.6. The molecule has 2 atom stereocenters. The van der Waals surface area contributed by atoms with E-state index in [1.165, 1.54) is 6.07 Å². The number of aliphatic hydroxyl groups excluding tert-OH is 1. The summed E-state index contributed by atoms with van der Waals surface area (Å²) in [7, 11) is 0. The van der Waals surface area contributed by atoms with Crippen LogP contribution in [-0.2, 0) is 16.6 Å². The molecule has 6 heteroatoms. The molecular weight excluding hydrogens is 348 g/mol. The molecule has 1 amide bonds. The molecule has 2 aromatic carbocycles. The number of amides is 1. The summed E-state index contributed by atoms with van der Waals surface area (Å²) >= 11 is 6.09. The van der Waals surface area contributed by atoms with Crippen molar-refractivity contribution in [1.82, 2.24) is 5.32 Å². The largest absolute Gasteiger partial charge is 0.396 e. The summed E-state index contributed by atoms with van der Waals surface area (Å²) in [6.07, 6.45) is 0.968. The molecule has 0 aromatic heterocycles. The van der Waals surface area contributed by atoms with Gasteiger partial charge >= 0.3 is 0 Å². The fraction of sp³-hybridized carbons (Fsp3) is 0.316. The van der Waals surface area contributed by atoms with Gasteiger partial charge in [0, 0.05) is 24.1 Å². The number of hydrogen-bond acceptors (Lipinski definition) is 2. The predicted molar refractivity (Wildman–Crippen MR) is 91.4 cm³/mol. The monoisotopic (exact) mass is 365 g/mol. The summed E-state index contributed by atoms with van der Waals surface area (Å²) in [5, 5.41) is 12.9. The van der Waals surface area contributed by atoms with E-state index in [4.69, 9.17) is 11.6 Å². The lowest BCUT2D eigenvalue weighted by molar-refractivity contribution is -0.124. The second kappa shape index (κ2) is 7.10. The summed E-state index contributed by atoms with van der Waals surface area (Å²) in [6, 6.07) is 10.8. The van der Waals surface area contributed by atoms with Gasteiger partial charge in [0.1, 0.15) is 0 Å². The van der Waals surface area contributed by atoms with Gasteiger partial charge < -0.3 is 10.4 Å². The molecule has 0 aliphatic heterocycles. The Bertz CT molecular complexity index is 799. The lowest BCUT2D eigenvalue weighted by Crippen LogP contribution is -2.38. The fourth-order valence-corrected chi connectivity index (χ4v) is 3.49. The maximum absolute atomic E-state index is 13.6. The van der Waals surface area contributed by atoms with Crippen LogP contribution in [0.4, 0.5) is 8.78 Å². The first kappa shape index (κ1) is 17.8. The van der Waals surface area contributed by atoms with Crippen LogP contribution < -0.4 is 5.32 Å². The first-order valence-corrected chi connectivity index (χ1v) is 8.45. The van der Waals surface area contributed by atoms with E-state index >= 15 is 0 Å². The summed E-state index contributed by atoms with van der Waals surface area (Å²) < 4.78 is 26.7. The van der Waals surface area contributed by atoms with Crippen molar-refractivity contribution in [3.05, 3.63) is 70.2 Å². The lowest BCUT2D eigenvalue weighted by Gasteiger charge is -2.18.